The van der Waals surface area contributed by atoms with Crippen LogP contribution < -0.4 is 26.0 Å². The molecule has 7 aromatic rings. The van der Waals surface area contributed by atoms with E-state index < -0.39 is 11.6 Å². The highest BCUT2D eigenvalue weighted by Crippen LogP contribution is 2.38. The molecule has 2 saturated heterocycles. The molecule has 7 heterocycles. The first kappa shape index (κ1) is 42.1. The van der Waals surface area contributed by atoms with Crippen LogP contribution in [0.25, 0.3) is 17.0 Å². The van der Waals surface area contributed by atoms with E-state index in [2.05, 4.69) is 58.3 Å². The molecular formula is C45H52F2N12OS2. The number of halogens is 2. The van der Waals surface area contributed by atoms with Crippen molar-refractivity contribution in [2.75, 3.05) is 43.9 Å². The second-order valence-electron chi connectivity index (χ2n) is 16.2. The van der Waals surface area contributed by atoms with Crippen molar-refractivity contribution in [1.29, 1.82) is 0 Å². The maximum atomic E-state index is 16.7. The normalized spacial score (nSPS) is 15.8. The molecule has 5 aromatic heterocycles. The summed E-state index contributed by atoms with van der Waals surface area (Å²) in [6.45, 7) is 10.5. The van der Waals surface area contributed by atoms with Crippen molar-refractivity contribution >= 4 is 46.5 Å². The molecule has 13 nitrogen and oxygen atoms in total. The van der Waals surface area contributed by atoms with E-state index in [4.69, 9.17) is 19.8 Å². The van der Waals surface area contributed by atoms with Gasteiger partial charge in [-0.25, -0.2) is 14.6 Å². The summed E-state index contributed by atoms with van der Waals surface area (Å²) in [6.07, 6.45) is 11.0. The van der Waals surface area contributed by atoms with Gasteiger partial charge in [-0.15, -0.1) is 0 Å². The first-order valence-corrected chi connectivity index (χ1v) is 23.1. The van der Waals surface area contributed by atoms with Crippen molar-refractivity contribution in [2.24, 2.45) is 0 Å². The largest absolute Gasteiger partial charge is 0.496 e. The van der Waals surface area contributed by atoms with Crippen LogP contribution in [0.1, 0.15) is 86.1 Å². The zero-order chi connectivity index (χ0) is 42.7. The molecule has 0 spiro atoms. The van der Waals surface area contributed by atoms with Crippen molar-refractivity contribution in [1.82, 2.24) is 49.6 Å². The minimum Gasteiger partial charge on any atom is -0.496 e. The Morgan fingerprint density at radius 2 is 1.32 bits per heavy atom. The first-order chi connectivity index (χ1) is 30.3. The molecule has 2 fully saturated rings. The Kier molecular flexibility index (Phi) is 12.6. The third-order valence-corrected chi connectivity index (χ3v) is 14.4. The molecule has 2 aliphatic heterocycles. The molecule has 0 saturated carbocycles. The molecule has 324 valence electrons. The summed E-state index contributed by atoms with van der Waals surface area (Å²) in [6, 6.07) is 15.9. The van der Waals surface area contributed by atoms with Gasteiger partial charge in [-0.05, 0) is 87.1 Å². The number of rotatable bonds is 15. The summed E-state index contributed by atoms with van der Waals surface area (Å²) in [4.78, 5) is 9.80. The Labute approximate surface area is 368 Å². The number of nitrogens with zero attached hydrogens (tertiary/aromatic N) is 8. The van der Waals surface area contributed by atoms with Crippen LogP contribution in [0, 0.1) is 11.6 Å². The number of nitrogens with one attached hydrogen (secondary N) is 4. The van der Waals surface area contributed by atoms with Gasteiger partial charge in [0.2, 0.25) is 0 Å². The molecule has 1 unspecified atom stereocenters. The number of hydrogen-bond donors (Lipinski definition) is 4. The topological polar surface area (TPSA) is 136 Å². The molecule has 0 amide bonds. The lowest BCUT2D eigenvalue weighted by molar-refractivity contribution is 0.409. The highest BCUT2D eigenvalue weighted by Gasteiger charge is 2.27. The van der Waals surface area contributed by atoms with Gasteiger partial charge >= 0.3 is 0 Å². The van der Waals surface area contributed by atoms with Gasteiger partial charge in [0.25, 0.3) is 0 Å². The van der Waals surface area contributed by atoms with Crippen molar-refractivity contribution in [3.8, 4) is 11.4 Å². The number of aromatic nitrogens is 8. The van der Waals surface area contributed by atoms with Crippen LogP contribution in [0.15, 0.2) is 83.4 Å². The molecule has 4 N–H and O–H groups in total. The van der Waals surface area contributed by atoms with Crippen LogP contribution in [0.2, 0.25) is 0 Å². The zero-order valence-electron chi connectivity index (χ0n) is 35.4. The van der Waals surface area contributed by atoms with Gasteiger partial charge in [0.15, 0.2) is 34.6 Å². The Balaban J connectivity index is 1.01. The van der Waals surface area contributed by atoms with E-state index in [9.17, 15) is 0 Å². The summed E-state index contributed by atoms with van der Waals surface area (Å²) >= 11 is 3.01. The standard InChI is InChI=1S/C45H52F2N12OS2/c1-27(2)34-25-53-58-40(34)55-44(61-32-12-17-48-18-13-32)39(47)43(58)51-24-31-11-10-29(22-37(31)60-4)28(3)35-26-54-59-41(35)56-45(62-33-14-19-49-20-15-33)38(46)42(59)50-23-30-8-5-6-9-36(30)57-21-7-16-52-57/h5-11,16,21-22,25-28,32-33,48-51H,12-15,17-20,23-24H2,1-4H3. The van der Waals surface area contributed by atoms with Crippen molar-refractivity contribution in [3.63, 3.8) is 0 Å². The molecule has 2 aliphatic rings. The molecule has 0 aliphatic carbocycles. The smallest absolute Gasteiger partial charge is 0.197 e. The average Bonchev–Trinajstić information content (AvgIpc) is 4.08. The van der Waals surface area contributed by atoms with Gasteiger partial charge in [-0.1, -0.05) is 74.6 Å². The Morgan fingerprint density at radius 1 is 0.742 bits per heavy atom. The second-order valence-corrected chi connectivity index (χ2v) is 18.8. The van der Waals surface area contributed by atoms with Crippen molar-refractivity contribution in [2.45, 2.75) is 91.9 Å². The second kappa shape index (κ2) is 18.6. The molecule has 0 bridgehead atoms. The van der Waals surface area contributed by atoms with Gasteiger partial charge in [0, 0.05) is 58.6 Å². The summed E-state index contributed by atoms with van der Waals surface area (Å²) in [5.74, 6) is 0.336. The maximum Gasteiger partial charge on any atom is 0.197 e. The summed E-state index contributed by atoms with van der Waals surface area (Å²) in [5, 5.41) is 28.6. The highest BCUT2D eigenvalue weighted by molar-refractivity contribution is 8.00. The Hall–Kier alpha value is -5.23. The third kappa shape index (κ3) is 8.59. The third-order valence-electron chi connectivity index (χ3n) is 11.8. The summed E-state index contributed by atoms with van der Waals surface area (Å²) in [5.41, 5.74) is 6.73. The van der Waals surface area contributed by atoms with Crippen molar-refractivity contribution < 1.29 is 13.5 Å². The number of anilines is 2. The lowest BCUT2D eigenvalue weighted by atomic mass is 9.94. The Bertz CT molecular complexity index is 2660. The van der Waals surface area contributed by atoms with E-state index >= 15 is 8.78 Å². The molecule has 17 heteroatoms. The predicted molar refractivity (Wildman–Crippen MR) is 242 cm³/mol. The minimum absolute atomic E-state index is 0.172. The van der Waals surface area contributed by atoms with Gasteiger partial charge in [-0.3, -0.25) is 0 Å². The van der Waals surface area contributed by atoms with Crippen molar-refractivity contribution in [3.05, 3.63) is 113 Å². The highest BCUT2D eigenvalue weighted by atomic mass is 32.2. The molecule has 9 rings (SSSR count). The fourth-order valence-corrected chi connectivity index (χ4v) is 10.5. The average molecular weight is 879 g/mol. The van der Waals surface area contributed by atoms with Gasteiger partial charge in [-0.2, -0.15) is 33.1 Å². The van der Waals surface area contributed by atoms with Crippen LogP contribution in [0.4, 0.5) is 20.4 Å². The number of benzene rings is 2. The quantitative estimate of drug-likeness (QED) is 0.0737. The summed E-state index contributed by atoms with van der Waals surface area (Å²) < 4.78 is 44.1. The van der Waals surface area contributed by atoms with E-state index in [0.717, 1.165) is 85.4 Å². The van der Waals surface area contributed by atoms with Crippen LogP contribution in [-0.4, -0.2) is 82.8 Å². The van der Waals surface area contributed by atoms with Crippen LogP contribution in [0.3, 0.4) is 0 Å². The number of thioether (sulfide) groups is 2. The van der Waals surface area contributed by atoms with E-state index in [-0.39, 0.29) is 40.5 Å². The fraction of sp³-hybridized carbons (Fsp3) is 0.400. The number of fused-ring (bicyclic) bond motifs is 2. The van der Waals surface area contributed by atoms with Crippen LogP contribution in [0.5, 0.6) is 5.75 Å². The van der Waals surface area contributed by atoms with Gasteiger partial charge in [0.05, 0.1) is 25.2 Å². The van der Waals surface area contributed by atoms with E-state index in [1.54, 1.807) is 39.4 Å². The molecule has 62 heavy (non-hydrogen) atoms. The minimum atomic E-state index is -0.422. The van der Waals surface area contributed by atoms with Crippen LogP contribution in [-0.2, 0) is 13.1 Å². The number of para-hydroxylation sites is 1. The lowest BCUT2D eigenvalue weighted by Gasteiger charge is -2.22. The fourth-order valence-electron chi connectivity index (χ4n) is 8.26. The predicted octanol–water partition coefficient (Wildman–Crippen LogP) is 8.43. The molecule has 1 atom stereocenters. The van der Waals surface area contributed by atoms with E-state index in [0.29, 0.717) is 33.6 Å². The van der Waals surface area contributed by atoms with E-state index in [1.807, 2.05) is 48.7 Å². The van der Waals surface area contributed by atoms with Gasteiger partial charge in [0.1, 0.15) is 15.8 Å². The molecular weight excluding hydrogens is 827 g/mol. The maximum absolute atomic E-state index is 16.7. The zero-order valence-corrected chi connectivity index (χ0v) is 37.0. The monoisotopic (exact) mass is 878 g/mol. The molecule has 0 radical (unpaired) electrons. The number of hydrogen-bond acceptors (Lipinski definition) is 12. The van der Waals surface area contributed by atoms with Gasteiger partial charge < -0.3 is 26.0 Å². The SMILES string of the molecule is COc1cc(C(C)c2cnn3c(NCc4ccccc4-n4cccn4)c(F)c(SC4CCNCC4)nc23)ccc1CNc1c(F)c(SC2CCNCC2)nc2c(C(C)C)cnn12. The number of methoxy groups -OCH3 is 1. The lowest BCUT2D eigenvalue weighted by Crippen LogP contribution is -2.29. The summed E-state index contributed by atoms with van der Waals surface area (Å²) in [7, 11) is 1.64. The first-order valence-electron chi connectivity index (χ1n) is 21.4. The number of ether oxygens (including phenoxy) is 1. The van der Waals surface area contributed by atoms with Crippen LogP contribution >= 0.6 is 23.5 Å². The molecule has 2 aromatic carbocycles. The van der Waals surface area contributed by atoms with E-state index in [1.165, 1.54) is 23.5 Å². The Morgan fingerprint density at radius 3 is 1.90 bits per heavy atom. The number of piperidine rings is 2.